The van der Waals surface area contributed by atoms with Crippen molar-refractivity contribution in [3.8, 4) is 0 Å². The van der Waals surface area contributed by atoms with Gasteiger partial charge in [-0.05, 0) is 37.5 Å². The van der Waals surface area contributed by atoms with Crippen molar-refractivity contribution in [1.82, 2.24) is 0 Å². The van der Waals surface area contributed by atoms with Gasteiger partial charge in [-0.25, -0.2) is 0 Å². The molecule has 0 aromatic heterocycles. The lowest BCUT2D eigenvalue weighted by atomic mass is 10.0. The minimum absolute atomic E-state index is 0.0512. The van der Waals surface area contributed by atoms with Gasteiger partial charge in [0.05, 0.1) is 18.3 Å². The van der Waals surface area contributed by atoms with Crippen LogP contribution in [-0.4, -0.2) is 23.4 Å². The van der Waals surface area contributed by atoms with Crippen molar-refractivity contribution in [3.63, 3.8) is 0 Å². The number of ether oxygens (including phenoxy) is 1. The van der Waals surface area contributed by atoms with Crippen LogP contribution in [0.5, 0.6) is 0 Å². The minimum Gasteiger partial charge on any atom is -0.390 e. The van der Waals surface area contributed by atoms with E-state index in [4.69, 9.17) is 16.3 Å². The fourth-order valence-electron chi connectivity index (χ4n) is 2.16. The summed E-state index contributed by atoms with van der Waals surface area (Å²) in [5, 5.41) is 10.8. The van der Waals surface area contributed by atoms with Crippen molar-refractivity contribution in [1.29, 1.82) is 0 Å². The van der Waals surface area contributed by atoms with Crippen LogP contribution in [-0.2, 0) is 11.2 Å². The van der Waals surface area contributed by atoms with Crippen LogP contribution in [0.2, 0.25) is 5.02 Å². The molecule has 0 spiro atoms. The first-order chi connectivity index (χ1) is 8.06. The van der Waals surface area contributed by atoms with Gasteiger partial charge in [-0.3, -0.25) is 0 Å². The largest absolute Gasteiger partial charge is 0.390 e. The van der Waals surface area contributed by atoms with E-state index in [1.54, 1.807) is 0 Å². The topological polar surface area (TPSA) is 29.5 Å². The van der Waals surface area contributed by atoms with Crippen molar-refractivity contribution >= 4 is 27.5 Å². The Morgan fingerprint density at radius 3 is 2.88 bits per heavy atom. The second-order valence-corrected chi connectivity index (χ2v) is 5.89. The molecule has 3 unspecified atom stereocenters. The number of aliphatic hydroxyl groups excluding tert-OH is 1. The molecule has 2 nitrogen and oxygen atoms in total. The van der Waals surface area contributed by atoms with Gasteiger partial charge in [0.2, 0.25) is 0 Å². The van der Waals surface area contributed by atoms with E-state index in [2.05, 4.69) is 15.9 Å². The SMILES string of the molecule is CC1CCC(C(O)Cc2ccc(Br)cc2Cl)O1. The predicted octanol–water partition coefficient (Wildman–Crippen LogP) is 3.57. The quantitative estimate of drug-likeness (QED) is 0.923. The molecule has 1 heterocycles. The van der Waals surface area contributed by atoms with E-state index in [1.165, 1.54) is 0 Å². The van der Waals surface area contributed by atoms with E-state index in [0.29, 0.717) is 11.4 Å². The molecule has 1 fully saturated rings. The van der Waals surface area contributed by atoms with E-state index >= 15 is 0 Å². The Bertz CT molecular complexity index is 397. The summed E-state index contributed by atoms with van der Waals surface area (Å²) in [6.45, 7) is 2.04. The van der Waals surface area contributed by atoms with E-state index in [-0.39, 0.29) is 12.2 Å². The lowest BCUT2D eigenvalue weighted by molar-refractivity contribution is -0.0278. The molecule has 94 valence electrons. The zero-order valence-electron chi connectivity index (χ0n) is 9.70. The van der Waals surface area contributed by atoms with Crippen LogP contribution in [0.1, 0.15) is 25.3 Å². The fraction of sp³-hybridized carbons (Fsp3) is 0.538. The predicted molar refractivity (Wildman–Crippen MR) is 72.4 cm³/mol. The van der Waals surface area contributed by atoms with Gasteiger partial charge in [0.1, 0.15) is 0 Å². The summed E-state index contributed by atoms with van der Waals surface area (Å²) in [4.78, 5) is 0. The van der Waals surface area contributed by atoms with Crippen LogP contribution >= 0.6 is 27.5 Å². The Balaban J connectivity index is 2.00. The summed E-state index contributed by atoms with van der Waals surface area (Å²) in [5.41, 5.74) is 0.963. The number of hydrogen-bond acceptors (Lipinski definition) is 2. The third-order valence-electron chi connectivity index (χ3n) is 3.14. The molecule has 1 saturated heterocycles. The average molecular weight is 320 g/mol. The first-order valence-electron chi connectivity index (χ1n) is 5.83. The van der Waals surface area contributed by atoms with Crippen molar-refractivity contribution in [2.45, 2.75) is 44.5 Å². The Kier molecular flexibility index (Phi) is 4.47. The standard InChI is InChI=1S/C13H16BrClO2/c1-8-2-5-13(17-8)12(16)6-9-3-4-10(14)7-11(9)15/h3-4,7-8,12-13,16H,2,5-6H2,1H3. The molecular formula is C13H16BrClO2. The number of hydrogen-bond donors (Lipinski definition) is 1. The number of aliphatic hydroxyl groups is 1. The monoisotopic (exact) mass is 318 g/mol. The van der Waals surface area contributed by atoms with Gasteiger partial charge in [-0.1, -0.05) is 33.6 Å². The molecule has 0 bridgehead atoms. The van der Waals surface area contributed by atoms with Gasteiger partial charge in [0.15, 0.2) is 0 Å². The van der Waals surface area contributed by atoms with Crippen LogP contribution in [0.3, 0.4) is 0 Å². The molecule has 0 amide bonds. The normalized spacial score (nSPS) is 26.1. The molecule has 1 aliphatic rings. The molecule has 3 atom stereocenters. The summed E-state index contributed by atoms with van der Waals surface area (Å²) in [6, 6.07) is 5.72. The highest BCUT2D eigenvalue weighted by molar-refractivity contribution is 9.10. The second-order valence-electron chi connectivity index (χ2n) is 4.57. The van der Waals surface area contributed by atoms with E-state index in [0.717, 1.165) is 22.9 Å². The first kappa shape index (κ1) is 13.3. The van der Waals surface area contributed by atoms with Crippen LogP contribution in [0, 0.1) is 0 Å². The summed E-state index contributed by atoms with van der Waals surface area (Å²) in [6.07, 6.45) is 2.23. The summed E-state index contributed by atoms with van der Waals surface area (Å²) in [7, 11) is 0. The molecule has 4 heteroatoms. The summed E-state index contributed by atoms with van der Waals surface area (Å²) >= 11 is 9.49. The maximum atomic E-state index is 10.1. The van der Waals surface area contributed by atoms with E-state index < -0.39 is 6.10 Å². The molecule has 1 aliphatic heterocycles. The highest BCUT2D eigenvalue weighted by Crippen LogP contribution is 2.27. The van der Waals surface area contributed by atoms with Gasteiger partial charge >= 0.3 is 0 Å². The van der Waals surface area contributed by atoms with Crippen molar-refractivity contribution in [2.24, 2.45) is 0 Å². The molecule has 0 aliphatic carbocycles. The van der Waals surface area contributed by atoms with Gasteiger partial charge in [-0.2, -0.15) is 0 Å². The number of halogens is 2. The lowest BCUT2D eigenvalue weighted by Crippen LogP contribution is -2.28. The highest BCUT2D eigenvalue weighted by atomic mass is 79.9. The van der Waals surface area contributed by atoms with E-state index in [9.17, 15) is 5.11 Å². The fourth-order valence-corrected chi connectivity index (χ4v) is 2.91. The maximum Gasteiger partial charge on any atom is 0.0842 e. The maximum absolute atomic E-state index is 10.1. The molecule has 17 heavy (non-hydrogen) atoms. The molecular weight excluding hydrogens is 303 g/mol. The van der Waals surface area contributed by atoms with Crippen molar-refractivity contribution < 1.29 is 9.84 Å². The lowest BCUT2D eigenvalue weighted by Gasteiger charge is -2.19. The Morgan fingerprint density at radius 1 is 1.53 bits per heavy atom. The molecule has 0 radical (unpaired) electrons. The molecule has 1 aromatic rings. The smallest absolute Gasteiger partial charge is 0.0842 e. The van der Waals surface area contributed by atoms with E-state index in [1.807, 2.05) is 25.1 Å². The third kappa shape index (κ3) is 3.44. The third-order valence-corrected chi connectivity index (χ3v) is 3.98. The van der Waals surface area contributed by atoms with Crippen molar-refractivity contribution in [3.05, 3.63) is 33.3 Å². The first-order valence-corrected chi connectivity index (χ1v) is 7.01. The van der Waals surface area contributed by atoms with Crippen LogP contribution in [0.25, 0.3) is 0 Å². The highest BCUT2D eigenvalue weighted by Gasteiger charge is 2.28. The average Bonchev–Trinajstić information content (AvgIpc) is 2.69. The Labute approximate surface area is 115 Å². The number of benzene rings is 1. The number of rotatable bonds is 3. The molecule has 1 N–H and O–H groups in total. The zero-order chi connectivity index (χ0) is 12.4. The Morgan fingerprint density at radius 2 is 2.29 bits per heavy atom. The minimum atomic E-state index is -0.473. The Hall–Kier alpha value is -0.0900. The van der Waals surface area contributed by atoms with Crippen LogP contribution < -0.4 is 0 Å². The second kappa shape index (κ2) is 5.70. The summed E-state index contributed by atoms with van der Waals surface area (Å²) in [5.74, 6) is 0. The van der Waals surface area contributed by atoms with Crippen LogP contribution in [0.4, 0.5) is 0 Å². The zero-order valence-corrected chi connectivity index (χ0v) is 12.0. The molecule has 2 rings (SSSR count). The van der Waals surface area contributed by atoms with Crippen molar-refractivity contribution in [2.75, 3.05) is 0 Å². The van der Waals surface area contributed by atoms with Gasteiger partial charge < -0.3 is 9.84 Å². The van der Waals surface area contributed by atoms with Gasteiger partial charge in [0.25, 0.3) is 0 Å². The summed E-state index contributed by atoms with van der Waals surface area (Å²) < 4.78 is 6.61. The van der Waals surface area contributed by atoms with Crippen LogP contribution in [0.15, 0.2) is 22.7 Å². The van der Waals surface area contributed by atoms with Gasteiger partial charge in [-0.15, -0.1) is 0 Å². The van der Waals surface area contributed by atoms with Gasteiger partial charge in [0, 0.05) is 15.9 Å². The molecule has 0 saturated carbocycles. The molecule has 1 aromatic carbocycles.